The summed E-state index contributed by atoms with van der Waals surface area (Å²) in [5.41, 5.74) is 7.66. The topological polar surface area (TPSA) is 50.9 Å². The summed E-state index contributed by atoms with van der Waals surface area (Å²) in [4.78, 5) is 4.49. The minimum Gasteiger partial charge on any atom is -0.330 e. The second-order valence-electron chi connectivity index (χ2n) is 3.34. The lowest BCUT2D eigenvalue weighted by Crippen LogP contribution is -2.15. The number of rotatable bonds is 6. The number of hydrogen-bond donors (Lipinski definition) is 2. The SMILES string of the molecule is CCCNCc1cccc(CCN)n1. The normalized spacial score (nSPS) is 10.4. The molecule has 0 saturated heterocycles. The number of nitrogens with zero attached hydrogens (tertiary/aromatic N) is 1. The molecule has 0 atom stereocenters. The second-order valence-corrected chi connectivity index (χ2v) is 3.34. The maximum atomic E-state index is 5.48. The van der Waals surface area contributed by atoms with Crippen LogP contribution in [0.5, 0.6) is 0 Å². The third-order valence-corrected chi connectivity index (χ3v) is 2.00. The van der Waals surface area contributed by atoms with Crippen LogP contribution in [0.4, 0.5) is 0 Å². The van der Waals surface area contributed by atoms with E-state index in [-0.39, 0.29) is 0 Å². The molecule has 0 spiro atoms. The highest BCUT2D eigenvalue weighted by molar-refractivity contribution is 5.11. The van der Waals surface area contributed by atoms with Crippen molar-refractivity contribution < 1.29 is 0 Å². The van der Waals surface area contributed by atoms with Crippen molar-refractivity contribution in [3.63, 3.8) is 0 Å². The predicted octanol–water partition coefficient (Wildman–Crippen LogP) is 1.08. The third-order valence-electron chi connectivity index (χ3n) is 2.00. The van der Waals surface area contributed by atoms with Crippen molar-refractivity contribution in [2.24, 2.45) is 5.73 Å². The molecule has 0 bridgehead atoms. The van der Waals surface area contributed by atoms with Crippen LogP contribution >= 0.6 is 0 Å². The van der Waals surface area contributed by atoms with Crippen LogP contribution in [-0.2, 0) is 13.0 Å². The van der Waals surface area contributed by atoms with Crippen LogP contribution in [0.15, 0.2) is 18.2 Å². The molecule has 0 amide bonds. The molecule has 0 aliphatic rings. The molecule has 3 nitrogen and oxygen atoms in total. The van der Waals surface area contributed by atoms with Gasteiger partial charge in [0.15, 0.2) is 0 Å². The average molecular weight is 193 g/mol. The van der Waals surface area contributed by atoms with Crippen LogP contribution in [0.2, 0.25) is 0 Å². The fourth-order valence-electron chi connectivity index (χ4n) is 1.31. The average Bonchev–Trinajstić information content (AvgIpc) is 2.19. The Hall–Kier alpha value is -0.930. The van der Waals surface area contributed by atoms with Crippen LogP contribution < -0.4 is 11.1 Å². The first-order chi connectivity index (χ1) is 6.86. The van der Waals surface area contributed by atoms with Gasteiger partial charge in [0.2, 0.25) is 0 Å². The van der Waals surface area contributed by atoms with Crippen molar-refractivity contribution in [2.75, 3.05) is 13.1 Å². The van der Waals surface area contributed by atoms with E-state index in [4.69, 9.17) is 5.73 Å². The largest absolute Gasteiger partial charge is 0.330 e. The zero-order chi connectivity index (χ0) is 10.2. The highest BCUT2D eigenvalue weighted by Crippen LogP contribution is 1.99. The zero-order valence-electron chi connectivity index (χ0n) is 8.79. The summed E-state index contributed by atoms with van der Waals surface area (Å²) in [6, 6.07) is 6.11. The van der Waals surface area contributed by atoms with Crippen LogP contribution in [0, 0.1) is 0 Å². The Kier molecular flexibility index (Phi) is 5.19. The highest BCUT2D eigenvalue weighted by atomic mass is 14.9. The van der Waals surface area contributed by atoms with E-state index in [1.807, 2.05) is 18.2 Å². The van der Waals surface area contributed by atoms with Crippen LogP contribution in [0.25, 0.3) is 0 Å². The van der Waals surface area contributed by atoms with Gasteiger partial charge in [0, 0.05) is 18.7 Å². The fourth-order valence-corrected chi connectivity index (χ4v) is 1.31. The van der Waals surface area contributed by atoms with Gasteiger partial charge < -0.3 is 11.1 Å². The van der Waals surface area contributed by atoms with E-state index in [1.54, 1.807) is 0 Å². The molecule has 0 aliphatic carbocycles. The van der Waals surface area contributed by atoms with Gasteiger partial charge in [-0.25, -0.2) is 0 Å². The lowest BCUT2D eigenvalue weighted by Gasteiger charge is -2.04. The molecule has 0 radical (unpaired) electrons. The fraction of sp³-hybridized carbons (Fsp3) is 0.545. The van der Waals surface area contributed by atoms with E-state index in [0.29, 0.717) is 6.54 Å². The lowest BCUT2D eigenvalue weighted by molar-refractivity contribution is 0.661. The summed E-state index contributed by atoms with van der Waals surface area (Å²) >= 11 is 0. The van der Waals surface area contributed by atoms with E-state index in [1.165, 1.54) is 0 Å². The summed E-state index contributed by atoms with van der Waals surface area (Å²) < 4.78 is 0. The molecule has 0 aromatic carbocycles. The van der Waals surface area contributed by atoms with Crippen molar-refractivity contribution in [2.45, 2.75) is 26.3 Å². The van der Waals surface area contributed by atoms with Gasteiger partial charge in [-0.15, -0.1) is 0 Å². The van der Waals surface area contributed by atoms with Crippen molar-refractivity contribution in [1.82, 2.24) is 10.3 Å². The van der Waals surface area contributed by atoms with E-state index in [2.05, 4.69) is 17.2 Å². The summed E-state index contributed by atoms with van der Waals surface area (Å²) in [7, 11) is 0. The molecule has 0 fully saturated rings. The molecule has 3 N–H and O–H groups in total. The van der Waals surface area contributed by atoms with E-state index in [9.17, 15) is 0 Å². The summed E-state index contributed by atoms with van der Waals surface area (Å²) in [6.07, 6.45) is 2.02. The number of nitrogens with two attached hydrogens (primary N) is 1. The first-order valence-corrected chi connectivity index (χ1v) is 5.22. The van der Waals surface area contributed by atoms with Gasteiger partial charge in [0.1, 0.15) is 0 Å². The van der Waals surface area contributed by atoms with Crippen LogP contribution in [-0.4, -0.2) is 18.1 Å². The van der Waals surface area contributed by atoms with Gasteiger partial charge in [0.05, 0.1) is 5.69 Å². The van der Waals surface area contributed by atoms with Crippen molar-refractivity contribution in [3.8, 4) is 0 Å². The zero-order valence-corrected chi connectivity index (χ0v) is 8.79. The monoisotopic (exact) mass is 193 g/mol. The summed E-state index contributed by atoms with van der Waals surface area (Å²) in [5, 5.41) is 3.33. The molecule has 1 rings (SSSR count). The Balaban J connectivity index is 2.46. The van der Waals surface area contributed by atoms with Gasteiger partial charge in [-0.1, -0.05) is 13.0 Å². The maximum absolute atomic E-state index is 5.48. The number of aromatic nitrogens is 1. The Morgan fingerprint density at radius 2 is 2.14 bits per heavy atom. The second kappa shape index (κ2) is 6.51. The summed E-state index contributed by atoms with van der Waals surface area (Å²) in [6.45, 7) is 4.72. The van der Waals surface area contributed by atoms with Crippen molar-refractivity contribution >= 4 is 0 Å². The van der Waals surface area contributed by atoms with Gasteiger partial charge in [0.25, 0.3) is 0 Å². The molecular weight excluding hydrogens is 174 g/mol. The third kappa shape index (κ3) is 3.85. The minimum atomic E-state index is 0.666. The van der Waals surface area contributed by atoms with Crippen LogP contribution in [0.1, 0.15) is 24.7 Å². The smallest absolute Gasteiger partial charge is 0.0544 e. The Morgan fingerprint density at radius 3 is 2.86 bits per heavy atom. The Labute approximate surface area is 85.7 Å². The summed E-state index contributed by atoms with van der Waals surface area (Å²) in [5.74, 6) is 0. The van der Waals surface area contributed by atoms with Gasteiger partial charge >= 0.3 is 0 Å². The maximum Gasteiger partial charge on any atom is 0.0544 e. The van der Waals surface area contributed by atoms with Crippen molar-refractivity contribution in [3.05, 3.63) is 29.6 Å². The molecular formula is C11H19N3. The number of hydrogen-bond acceptors (Lipinski definition) is 3. The minimum absolute atomic E-state index is 0.666. The van der Waals surface area contributed by atoms with Gasteiger partial charge in [-0.2, -0.15) is 0 Å². The van der Waals surface area contributed by atoms with Crippen molar-refractivity contribution in [1.29, 1.82) is 0 Å². The molecule has 0 unspecified atom stereocenters. The van der Waals surface area contributed by atoms with Crippen LogP contribution in [0.3, 0.4) is 0 Å². The number of pyridine rings is 1. The van der Waals surface area contributed by atoms with Gasteiger partial charge in [-0.05, 0) is 31.6 Å². The molecule has 14 heavy (non-hydrogen) atoms. The van der Waals surface area contributed by atoms with E-state index < -0.39 is 0 Å². The lowest BCUT2D eigenvalue weighted by atomic mass is 10.2. The molecule has 1 aromatic rings. The molecule has 1 aromatic heterocycles. The highest BCUT2D eigenvalue weighted by Gasteiger charge is 1.96. The Bertz CT molecular complexity index is 260. The number of nitrogens with one attached hydrogen (secondary N) is 1. The van der Waals surface area contributed by atoms with E-state index >= 15 is 0 Å². The standard InChI is InChI=1S/C11H19N3/c1-2-8-13-9-11-5-3-4-10(14-11)6-7-12/h3-5,13H,2,6-9,12H2,1H3. The van der Waals surface area contributed by atoms with Gasteiger partial charge in [-0.3, -0.25) is 4.98 Å². The molecule has 0 saturated carbocycles. The molecule has 1 heterocycles. The quantitative estimate of drug-likeness (QED) is 0.665. The van der Waals surface area contributed by atoms with E-state index in [0.717, 1.165) is 37.3 Å². The first-order valence-electron chi connectivity index (χ1n) is 5.22. The molecule has 78 valence electrons. The first kappa shape index (κ1) is 11.1. The Morgan fingerprint density at radius 1 is 1.36 bits per heavy atom. The predicted molar refractivity (Wildman–Crippen MR) is 59.0 cm³/mol. The molecule has 0 aliphatic heterocycles. The molecule has 3 heteroatoms.